The smallest absolute Gasteiger partial charge is 0.432 e. The van der Waals surface area contributed by atoms with E-state index in [1.54, 1.807) is 0 Å². The zero-order valence-electron chi connectivity index (χ0n) is 24.2. The SMILES string of the molecule is CCCCCC1CCC([C@@H]2COc3cc(-c4cc(F)c(C(F)(F)Oc5cc(F)c(C#N)c(F)c5)c(F)c4)c(F)cc3C2)CC1. The molecule has 2 aliphatic rings. The number of benzene rings is 3. The van der Waals surface area contributed by atoms with Gasteiger partial charge in [0.25, 0.3) is 0 Å². The van der Waals surface area contributed by atoms with Gasteiger partial charge in [0.05, 0.1) is 6.61 Å². The molecule has 3 nitrogen and oxygen atoms in total. The molecule has 3 aromatic rings. The van der Waals surface area contributed by atoms with Crippen LogP contribution in [0.5, 0.6) is 11.5 Å². The number of nitriles is 1. The summed E-state index contributed by atoms with van der Waals surface area (Å²) in [6.45, 7) is 2.63. The van der Waals surface area contributed by atoms with E-state index in [9.17, 15) is 26.3 Å². The first-order valence-corrected chi connectivity index (χ1v) is 14.9. The fourth-order valence-corrected chi connectivity index (χ4v) is 6.50. The monoisotopic (exact) mass is 619 g/mol. The van der Waals surface area contributed by atoms with Gasteiger partial charge in [-0.15, -0.1) is 0 Å². The van der Waals surface area contributed by atoms with Gasteiger partial charge in [0.15, 0.2) is 0 Å². The molecule has 0 radical (unpaired) electrons. The molecule has 3 aromatic carbocycles. The molecule has 0 saturated heterocycles. The van der Waals surface area contributed by atoms with Crippen LogP contribution in [0.15, 0.2) is 36.4 Å². The van der Waals surface area contributed by atoms with Crippen LogP contribution in [0.4, 0.5) is 30.7 Å². The molecule has 44 heavy (non-hydrogen) atoms. The highest BCUT2D eigenvalue weighted by Gasteiger charge is 2.42. The summed E-state index contributed by atoms with van der Waals surface area (Å²) in [4.78, 5) is 0. The van der Waals surface area contributed by atoms with Gasteiger partial charge in [0, 0.05) is 17.7 Å². The van der Waals surface area contributed by atoms with Crippen molar-refractivity contribution >= 4 is 0 Å². The Hall–Kier alpha value is -3.74. The summed E-state index contributed by atoms with van der Waals surface area (Å²) in [5.74, 6) is -6.54. The van der Waals surface area contributed by atoms with E-state index in [-0.39, 0.29) is 17.0 Å². The summed E-state index contributed by atoms with van der Waals surface area (Å²) >= 11 is 0. The van der Waals surface area contributed by atoms with Crippen LogP contribution in [0.1, 0.15) is 75.0 Å². The molecule has 1 aliphatic carbocycles. The van der Waals surface area contributed by atoms with E-state index in [2.05, 4.69) is 11.7 Å². The molecule has 1 heterocycles. The number of rotatable bonds is 9. The molecule has 1 saturated carbocycles. The summed E-state index contributed by atoms with van der Waals surface area (Å²) < 4.78 is 113. The largest absolute Gasteiger partial charge is 0.493 e. The summed E-state index contributed by atoms with van der Waals surface area (Å²) in [6.07, 6.45) is 5.48. The predicted octanol–water partition coefficient (Wildman–Crippen LogP) is 9.99. The molecule has 1 atom stereocenters. The Morgan fingerprint density at radius 2 is 1.50 bits per heavy atom. The molecule has 0 aromatic heterocycles. The molecular weight excluding hydrogens is 587 g/mol. The maximum Gasteiger partial charge on any atom is 0.432 e. The Morgan fingerprint density at radius 1 is 0.841 bits per heavy atom. The lowest BCUT2D eigenvalue weighted by Gasteiger charge is -2.36. The summed E-state index contributed by atoms with van der Waals surface area (Å²) in [5.41, 5.74) is -2.80. The summed E-state index contributed by atoms with van der Waals surface area (Å²) in [5, 5.41) is 8.73. The Kier molecular flexibility index (Phi) is 9.42. The van der Waals surface area contributed by atoms with Gasteiger partial charge in [-0.1, -0.05) is 45.4 Å². The van der Waals surface area contributed by atoms with Gasteiger partial charge in [-0.25, -0.2) is 22.0 Å². The minimum atomic E-state index is -4.71. The Bertz CT molecular complexity index is 1510. The van der Waals surface area contributed by atoms with E-state index < -0.39 is 52.1 Å². The van der Waals surface area contributed by atoms with Crippen LogP contribution in [-0.2, 0) is 12.5 Å². The molecule has 0 unspecified atom stereocenters. The quantitative estimate of drug-likeness (QED) is 0.177. The fraction of sp³-hybridized carbons (Fsp3) is 0.441. The van der Waals surface area contributed by atoms with Crippen molar-refractivity contribution in [3.8, 4) is 28.7 Å². The second kappa shape index (κ2) is 13.1. The van der Waals surface area contributed by atoms with Crippen LogP contribution >= 0.6 is 0 Å². The van der Waals surface area contributed by atoms with Crippen molar-refractivity contribution in [1.29, 1.82) is 5.26 Å². The van der Waals surface area contributed by atoms with Crippen LogP contribution in [0, 0.1) is 58.2 Å². The molecule has 0 spiro atoms. The number of nitrogens with zero attached hydrogens (tertiary/aromatic N) is 1. The lowest BCUT2D eigenvalue weighted by atomic mass is 9.72. The minimum Gasteiger partial charge on any atom is -0.493 e. The van der Waals surface area contributed by atoms with Crippen LogP contribution in [0.3, 0.4) is 0 Å². The average molecular weight is 620 g/mol. The van der Waals surface area contributed by atoms with Gasteiger partial charge in [-0.3, -0.25) is 0 Å². The number of hydrogen-bond acceptors (Lipinski definition) is 3. The van der Waals surface area contributed by atoms with Gasteiger partial charge >= 0.3 is 6.11 Å². The topological polar surface area (TPSA) is 42.2 Å². The third-order valence-electron chi connectivity index (χ3n) is 8.88. The first-order chi connectivity index (χ1) is 21.0. The van der Waals surface area contributed by atoms with Crippen molar-refractivity contribution in [1.82, 2.24) is 0 Å². The molecule has 0 amide bonds. The van der Waals surface area contributed by atoms with Crippen LogP contribution in [-0.4, -0.2) is 6.61 Å². The zero-order chi connectivity index (χ0) is 31.6. The van der Waals surface area contributed by atoms with Crippen molar-refractivity contribution in [3.63, 3.8) is 0 Å². The van der Waals surface area contributed by atoms with Crippen molar-refractivity contribution < 1.29 is 40.2 Å². The second-order valence-corrected chi connectivity index (χ2v) is 11.8. The standard InChI is InChI=1S/C34H32F7NO2/c1-2-3-4-5-19-6-8-20(9-7-19)23-10-22-13-27(35)25(16-32(22)43-18-23)21-11-30(38)33(31(39)12-21)34(40,41)44-24-14-28(36)26(17-42)29(37)15-24/h11-16,19-20,23H,2-10,18H2,1H3/t19?,20?,23-/m0/s1. The molecule has 1 aliphatic heterocycles. The van der Waals surface area contributed by atoms with Gasteiger partial charge in [0.1, 0.15) is 57.8 Å². The number of unbranched alkanes of at least 4 members (excludes halogenated alkanes) is 2. The van der Waals surface area contributed by atoms with Gasteiger partial charge < -0.3 is 9.47 Å². The van der Waals surface area contributed by atoms with Gasteiger partial charge in [0.2, 0.25) is 0 Å². The Balaban J connectivity index is 1.31. The third-order valence-corrected chi connectivity index (χ3v) is 8.88. The van der Waals surface area contributed by atoms with Gasteiger partial charge in [-0.2, -0.15) is 14.0 Å². The zero-order valence-corrected chi connectivity index (χ0v) is 24.2. The van der Waals surface area contributed by atoms with E-state index in [1.165, 1.54) is 56.7 Å². The van der Waals surface area contributed by atoms with Crippen LogP contribution < -0.4 is 9.47 Å². The molecular formula is C34H32F7NO2. The maximum absolute atomic E-state index is 15.3. The summed E-state index contributed by atoms with van der Waals surface area (Å²) in [7, 11) is 0. The average Bonchev–Trinajstić information content (AvgIpc) is 2.96. The van der Waals surface area contributed by atoms with E-state index in [0.29, 0.717) is 54.5 Å². The first-order valence-electron chi connectivity index (χ1n) is 14.9. The Morgan fingerprint density at radius 3 is 2.11 bits per heavy atom. The van der Waals surface area contributed by atoms with Crippen LogP contribution in [0.2, 0.25) is 0 Å². The number of alkyl halides is 2. The van der Waals surface area contributed by atoms with E-state index >= 15 is 4.39 Å². The highest BCUT2D eigenvalue weighted by molar-refractivity contribution is 5.68. The molecule has 5 rings (SSSR count). The number of ether oxygens (including phenoxy) is 2. The highest BCUT2D eigenvalue weighted by atomic mass is 19.3. The molecule has 0 N–H and O–H groups in total. The van der Waals surface area contributed by atoms with Gasteiger partial charge in [-0.05, 0) is 72.4 Å². The second-order valence-electron chi connectivity index (χ2n) is 11.8. The van der Waals surface area contributed by atoms with E-state index in [1.807, 2.05) is 0 Å². The van der Waals surface area contributed by atoms with Crippen molar-refractivity contribution in [2.45, 2.75) is 70.8 Å². The number of halogens is 7. The van der Waals surface area contributed by atoms with Crippen LogP contribution in [0.25, 0.3) is 11.1 Å². The molecule has 1 fully saturated rings. The lowest BCUT2D eigenvalue weighted by molar-refractivity contribution is -0.189. The predicted molar refractivity (Wildman–Crippen MR) is 150 cm³/mol. The highest BCUT2D eigenvalue weighted by Crippen LogP contribution is 2.43. The summed E-state index contributed by atoms with van der Waals surface area (Å²) in [6, 6.07) is 5.47. The number of fused-ring (bicyclic) bond motifs is 1. The Labute approximate surface area is 251 Å². The first kappa shape index (κ1) is 31.7. The fourth-order valence-electron chi connectivity index (χ4n) is 6.50. The minimum absolute atomic E-state index is 0.235. The molecule has 0 bridgehead atoms. The van der Waals surface area contributed by atoms with E-state index in [0.717, 1.165) is 18.8 Å². The van der Waals surface area contributed by atoms with Crippen molar-refractivity contribution in [2.24, 2.45) is 17.8 Å². The normalized spacial score (nSPS) is 20.0. The molecule has 234 valence electrons. The molecule has 10 heteroatoms. The lowest BCUT2D eigenvalue weighted by Crippen LogP contribution is -2.31. The number of hydrogen-bond donors (Lipinski definition) is 0. The van der Waals surface area contributed by atoms with E-state index in [4.69, 9.17) is 10.00 Å². The van der Waals surface area contributed by atoms with Crippen molar-refractivity contribution in [2.75, 3.05) is 6.61 Å². The maximum atomic E-state index is 15.3. The van der Waals surface area contributed by atoms with Crippen molar-refractivity contribution in [3.05, 3.63) is 82.2 Å². The third kappa shape index (κ3) is 6.67.